The minimum absolute atomic E-state index is 0.0174. The second-order valence-electron chi connectivity index (χ2n) is 8.32. The van der Waals surface area contributed by atoms with Crippen molar-refractivity contribution in [3.63, 3.8) is 0 Å². The Kier molecular flexibility index (Phi) is 6.48. The summed E-state index contributed by atoms with van der Waals surface area (Å²) in [6.07, 6.45) is 2.17. The quantitative estimate of drug-likeness (QED) is 0.383. The Morgan fingerprint density at radius 1 is 1.19 bits per heavy atom. The first kappa shape index (κ1) is 22.5. The molecule has 0 amide bonds. The van der Waals surface area contributed by atoms with E-state index in [9.17, 15) is 9.59 Å². The van der Waals surface area contributed by atoms with Gasteiger partial charge in [0.1, 0.15) is 5.69 Å². The standard InChI is InChI=1S/C25H30N2O4/c1-7-31-21-12-9-13-27-22(17(3)26-23(21)27)20(28)14-16(2)18-10-8-11-19(15-18)25(4,5)24(29)30-6/h8-13,15-16H,7,14H2,1-6H3/t16-/m1/s1. The smallest absolute Gasteiger partial charge is 0.315 e. The third-order valence-electron chi connectivity index (χ3n) is 5.72. The molecule has 0 unspecified atom stereocenters. The lowest BCUT2D eigenvalue weighted by molar-refractivity contribution is -0.146. The van der Waals surface area contributed by atoms with Crippen LogP contribution >= 0.6 is 0 Å². The summed E-state index contributed by atoms with van der Waals surface area (Å²) in [5, 5.41) is 0. The van der Waals surface area contributed by atoms with Crippen molar-refractivity contribution < 1.29 is 19.1 Å². The summed E-state index contributed by atoms with van der Waals surface area (Å²) in [5.74, 6) is 0.363. The molecule has 0 saturated carbocycles. The number of pyridine rings is 1. The van der Waals surface area contributed by atoms with Crippen molar-refractivity contribution in [3.8, 4) is 5.75 Å². The van der Waals surface area contributed by atoms with Gasteiger partial charge in [-0.1, -0.05) is 31.2 Å². The molecule has 0 radical (unpaired) electrons. The van der Waals surface area contributed by atoms with Gasteiger partial charge in [0.25, 0.3) is 0 Å². The predicted octanol–water partition coefficient (Wildman–Crippen LogP) is 4.87. The van der Waals surface area contributed by atoms with Crippen LogP contribution in [0, 0.1) is 6.92 Å². The predicted molar refractivity (Wildman–Crippen MR) is 120 cm³/mol. The van der Waals surface area contributed by atoms with E-state index in [0.29, 0.717) is 35.8 Å². The Balaban J connectivity index is 1.88. The minimum Gasteiger partial charge on any atom is -0.490 e. The third-order valence-corrected chi connectivity index (χ3v) is 5.72. The van der Waals surface area contributed by atoms with E-state index in [1.807, 2.05) is 81.6 Å². The molecule has 0 aliphatic carbocycles. The molecule has 31 heavy (non-hydrogen) atoms. The SMILES string of the molecule is CCOc1cccn2c(C(=O)C[C@@H](C)c3cccc(C(C)(C)C(=O)OC)c3)c(C)nc12. The molecule has 0 spiro atoms. The molecule has 164 valence electrons. The normalized spacial score (nSPS) is 12.6. The number of carbonyl (C=O) groups is 2. The van der Waals surface area contributed by atoms with Crippen molar-refractivity contribution in [2.45, 2.75) is 52.4 Å². The largest absolute Gasteiger partial charge is 0.490 e. The molecule has 0 aliphatic rings. The minimum atomic E-state index is -0.762. The summed E-state index contributed by atoms with van der Waals surface area (Å²) in [4.78, 5) is 30.0. The van der Waals surface area contributed by atoms with E-state index >= 15 is 0 Å². The van der Waals surface area contributed by atoms with Crippen molar-refractivity contribution in [1.29, 1.82) is 0 Å². The van der Waals surface area contributed by atoms with Crippen molar-refractivity contribution in [3.05, 3.63) is 65.1 Å². The molecule has 1 aromatic carbocycles. The summed E-state index contributed by atoms with van der Waals surface area (Å²) in [5.41, 5.74) is 3.02. The molecule has 2 heterocycles. The maximum atomic E-state index is 13.3. The molecular weight excluding hydrogens is 392 g/mol. The monoisotopic (exact) mass is 422 g/mol. The Bertz CT molecular complexity index is 1110. The lowest BCUT2D eigenvalue weighted by atomic mass is 9.82. The molecule has 3 aromatic rings. The average Bonchev–Trinajstić information content (AvgIpc) is 3.10. The fourth-order valence-electron chi connectivity index (χ4n) is 3.86. The molecule has 0 N–H and O–H groups in total. The van der Waals surface area contributed by atoms with Crippen LogP contribution in [0.1, 0.15) is 67.3 Å². The van der Waals surface area contributed by atoms with Crippen molar-refractivity contribution in [2.75, 3.05) is 13.7 Å². The van der Waals surface area contributed by atoms with E-state index in [-0.39, 0.29) is 17.7 Å². The lowest BCUT2D eigenvalue weighted by Crippen LogP contribution is -2.30. The van der Waals surface area contributed by atoms with Crippen LogP contribution in [0.15, 0.2) is 42.6 Å². The molecule has 3 rings (SSSR count). The second kappa shape index (κ2) is 8.92. The molecule has 2 aromatic heterocycles. The maximum absolute atomic E-state index is 13.3. The van der Waals surface area contributed by atoms with Crippen molar-refractivity contribution in [2.24, 2.45) is 0 Å². The molecule has 0 fully saturated rings. The summed E-state index contributed by atoms with van der Waals surface area (Å²) in [6, 6.07) is 11.5. The number of carbonyl (C=O) groups excluding carboxylic acids is 2. The molecule has 0 saturated heterocycles. The van der Waals surface area contributed by atoms with E-state index in [2.05, 4.69) is 4.98 Å². The van der Waals surface area contributed by atoms with Crippen molar-refractivity contribution in [1.82, 2.24) is 9.38 Å². The number of esters is 1. The molecular formula is C25H30N2O4. The van der Waals surface area contributed by atoms with E-state index in [1.54, 1.807) is 0 Å². The molecule has 6 nitrogen and oxygen atoms in total. The van der Waals surface area contributed by atoms with Crippen LogP contribution in [0.3, 0.4) is 0 Å². The molecule has 1 atom stereocenters. The number of ketones is 1. The first-order valence-electron chi connectivity index (χ1n) is 10.5. The van der Waals surface area contributed by atoms with Gasteiger partial charge < -0.3 is 9.47 Å². The van der Waals surface area contributed by atoms with Gasteiger partial charge >= 0.3 is 5.97 Å². The van der Waals surface area contributed by atoms with Gasteiger partial charge in [-0.3, -0.25) is 14.0 Å². The number of aromatic nitrogens is 2. The molecule has 0 aliphatic heterocycles. The van der Waals surface area contributed by atoms with Gasteiger partial charge in [0.05, 0.1) is 24.8 Å². The topological polar surface area (TPSA) is 69.9 Å². The van der Waals surface area contributed by atoms with Crippen LogP contribution in [-0.4, -0.2) is 34.9 Å². The number of aryl methyl sites for hydroxylation is 1. The van der Waals surface area contributed by atoms with Gasteiger partial charge in [0.15, 0.2) is 17.2 Å². The van der Waals surface area contributed by atoms with Crippen LogP contribution < -0.4 is 4.74 Å². The van der Waals surface area contributed by atoms with Gasteiger partial charge in [-0.05, 0) is 56.9 Å². The van der Waals surface area contributed by atoms with Crippen LogP contribution in [-0.2, 0) is 14.9 Å². The Morgan fingerprint density at radius 3 is 2.61 bits per heavy atom. The first-order valence-corrected chi connectivity index (χ1v) is 10.5. The first-order chi connectivity index (χ1) is 14.7. The number of methoxy groups -OCH3 is 1. The summed E-state index contributed by atoms with van der Waals surface area (Å²) in [7, 11) is 1.39. The van der Waals surface area contributed by atoms with Gasteiger partial charge in [-0.15, -0.1) is 0 Å². The van der Waals surface area contributed by atoms with Crippen LogP contribution in [0.4, 0.5) is 0 Å². The summed E-state index contributed by atoms with van der Waals surface area (Å²) < 4.78 is 12.4. The van der Waals surface area contributed by atoms with E-state index < -0.39 is 5.41 Å². The number of nitrogens with zero attached hydrogens (tertiary/aromatic N) is 2. The van der Waals surface area contributed by atoms with Gasteiger partial charge in [0, 0.05) is 12.6 Å². The number of benzene rings is 1. The van der Waals surface area contributed by atoms with Crippen LogP contribution in [0.25, 0.3) is 5.65 Å². The Hall–Kier alpha value is -3.15. The highest BCUT2D eigenvalue weighted by Crippen LogP contribution is 2.30. The van der Waals surface area contributed by atoms with Gasteiger partial charge in [-0.2, -0.15) is 0 Å². The second-order valence-corrected chi connectivity index (χ2v) is 8.32. The Morgan fingerprint density at radius 2 is 1.94 bits per heavy atom. The Labute approximate surface area is 183 Å². The highest BCUT2D eigenvalue weighted by Gasteiger charge is 2.31. The highest BCUT2D eigenvalue weighted by molar-refractivity contribution is 5.97. The summed E-state index contributed by atoms with van der Waals surface area (Å²) >= 11 is 0. The molecule has 6 heteroatoms. The van der Waals surface area contributed by atoms with E-state index in [1.165, 1.54) is 7.11 Å². The van der Waals surface area contributed by atoms with Crippen molar-refractivity contribution >= 4 is 17.4 Å². The van der Waals surface area contributed by atoms with Crippen LogP contribution in [0.5, 0.6) is 5.75 Å². The zero-order valence-electron chi connectivity index (χ0n) is 19.1. The number of hydrogen-bond acceptors (Lipinski definition) is 5. The fourth-order valence-corrected chi connectivity index (χ4v) is 3.86. The zero-order chi connectivity index (χ0) is 22.8. The average molecular weight is 423 g/mol. The number of imidazole rings is 1. The zero-order valence-corrected chi connectivity index (χ0v) is 19.1. The highest BCUT2D eigenvalue weighted by atomic mass is 16.5. The number of Topliss-reactive ketones (excluding diaryl/α,β-unsaturated/α-hetero) is 1. The van der Waals surface area contributed by atoms with Gasteiger partial charge in [-0.25, -0.2) is 4.98 Å². The maximum Gasteiger partial charge on any atom is 0.315 e. The lowest BCUT2D eigenvalue weighted by Gasteiger charge is -2.23. The number of rotatable bonds is 8. The van der Waals surface area contributed by atoms with E-state index in [0.717, 1.165) is 11.1 Å². The molecule has 0 bridgehead atoms. The number of hydrogen-bond donors (Lipinski definition) is 0. The summed E-state index contributed by atoms with van der Waals surface area (Å²) in [6.45, 7) is 10.00. The van der Waals surface area contributed by atoms with E-state index in [4.69, 9.17) is 9.47 Å². The number of fused-ring (bicyclic) bond motifs is 1. The third kappa shape index (κ3) is 4.33. The number of ether oxygens (including phenoxy) is 2. The fraction of sp³-hybridized carbons (Fsp3) is 0.400. The van der Waals surface area contributed by atoms with Gasteiger partial charge in [0.2, 0.25) is 0 Å². The van der Waals surface area contributed by atoms with Crippen LogP contribution in [0.2, 0.25) is 0 Å².